The Kier molecular flexibility index (Phi) is 5.31. The molecular formula is C23H20ClNO2. The minimum atomic E-state index is 0.560. The summed E-state index contributed by atoms with van der Waals surface area (Å²) >= 11 is 5.92. The van der Waals surface area contributed by atoms with E-state index in [-0.39, 0.29) is 0 Å². The van der Waals surface area contributed by atoms with E-state index in [1.54, 1.807) is 0 Å². The van der Waals surface area contributed by atoms with E-state index < -0.39 is 0 Å². The molecule has 0 unspecified atom stereocenters. The predicted molar refractivity (Wildman–Crippen MR) is 109 cm³/mol. The number of hydrogen-bond acceptors (Lipinski definition) is 2. The molecular weight excluding hydrogens is 358 g/mol. The molecule has 0 radical (unpaired) electrons. The zero-order valence-electron chi connectivity index (χ0n) is 14.8. The predicted octanol–water partition coefficient (Wildman–Crippen LogP) is 5.55. The number of hydrogen-bond donors (Lipinski definition) is 0. The molecule has 0 aliphatic carbocycles. The van der Waals surface area contributed by atoms with E-state index in [0.29, 0.717) is 13.2 Å². The van der Waals surface area contributed by atoms with Gasteiger partial charge in [-0.25, -0.2) is 0 Å². The Bertz CT molecular complexity index is 1010. The summed E-state index contributed by atoms with van der Waals surface area (Å²) in [4.78, 5) is 5.91. The average Bonchev–Trinajstić information content (AvgIpc) is 3.11. The maximum Gasteiger partial charge on any atom is 0.120 e. The van der Waals surface area contributed by atoms with Gasteiger partial charge in [0.1, 0.15) is 19.0 Å². The molecule has 0 N–H and O–H groups in total. The smallest absolute Gasteiger partial charge is 0.120 e. The molecule has 3 nitrogen and oxygen atoms in total. The maximum absolute atomic E-state index is 5.92. The Morgan fingerprint density at radius 1 is 0.815 bits per heavy atom. The van der Waals surface area contributed by atoms with E-state index in [1.165, 1.54) is 5.56 Å². The molecule has 0 saturated carbocycles. The highest BCUT2D eigenvalue weighted by atomic mass is 35.5. The van der Waals surface area contributed by atoms with Crippen LogP contribution in [0.2, 0.25) is 5.02 Å². The third-order valence-electron chi connectivity index (χ3n) is 4.41. The molecule has 3 aromatic carbocycles. The minimum absolute atomic E-state index is 0.560. The molecule has 4 heteroatoms. The van der Waals surface area contributed by atoms with Gasteiger partial charge >= 0.3 is 0 Å². The summed E-state index contributed by atoms with van der Waals surface area (Å²) in [7, 11) is 0. The van der Waals surface area contributed by atoms with Crippen molar-refractivity contribution in [1.29, 1.82) is 0 Å². The fraction of sp³-hybridized carbons (Fsp3) is 0.130. The number of halogens is 1. The highest BCUT2D eigenvalue weighted by Crippen LogP contribution is 2.22. The molecule has 0 aliphatic heterocycles. The normalized spacial score (nSPS) is 10.9. The molecule has 136 valence electrons. The number of nitrogens with zero attached hydrogens (tertiary/aromatic N) is 1. The van der Waals surface area contributed by atoms with Gasteiger partial charge in [0.05, 0.1) is 5.52 Å². The first kappa shape index (κ1) is 17.5. The van der Waals surface area contributed by atoms with Crippen LogP contribution in [0.1, 0.15) is 11.1 Å². The van der Waals surface area contributed by atoms with Gasteiger partial charge in [-0.05, 0) is 47.5 Å². The molecule has 0 fully saturated rings. The van der Waals surface area contributed by atoms with Crippen LogP contribution in [0.25, 0.3) is 10.9 Å². The third-order valence-corrected chi connectivity index (χ3v) is 4.66. The van der Waals surface area contributed by atoms with Gasteiger partial charge in [0, 0.05) is 23.0 Å². The Morgan fingerprint density at radius 3 is 2.44 bits per heavy atom. The van der Waals surface area contributed by atoms with Gasteiger partial charge in [-0.1, -0.05) is 54.1 Å². The number of rotatable bonds is 7. The minimum Gasteiger partial charge on any atom is -0.489 e. The molecule has 0 atom stereocenters. The summed E-state index contributed by atoms with van der Waals surface area (Å²) in [6.07, 6.45) is 2.77. The summed E-state index contributed by atoms with van der Waals surface area (Å²) in [6.45, 7) is 1.16. The van der Waals surface area contributed by atoms with Crippen molar-refractivity contribution < 1.29 is 9.57 Å². The summed E-state index contributed by atoms with van der Waals surface area (Å²) in [6, 6.07) is 26.1. The van der Waals surface area contributed by atoms with E-state index in [4.69, 9.17) is 21.2 Å². The summed E-state index contributed by atoms with van der Waals surface area (Å²) in [5, 5.41) is 1.84. The summed E-state index contributed by atoms with van der Waals surface area (Å²) in [5.41, 5.74) is 3.38. The van der Waals surface area contributed by atoms with Crippen LogP contribution in [0.15, 0.2) is 85.1 Å². The van der Waals surface area contributed by atoms with Crippen LogP contribution in [-0.4, -0.2) is 11.3 Å². The first-order valence-electron chi connectivity index (χ1n) is 8.93. The van der Waals surface area contributed by atoms with Crippen molar-refractivity contribution >= 4 is 22.5 Å². The van der Waals surface area contributed by atoms with Gasteiger partial charge in [-0.15, -0.1) is 0 Å². The third kappa shape index (κ3) is 4.44. The van der Waals surface area contributed by atoms with Crippen LogP contribution in [0.4, 0.5) is 0 Å². The second-order valence-corrected chi connectivity index (χ2v) is 6.78. The number of ether oxygens (including phenoxy) is 1. The van der Waals surface area contributed by atoms with Crippen LogP contribution in [0.3, 0.4) is 0 Å². The Hall–Kier alpha value is -2.91. The SMILES string of the molecule is Clc1ccc(CCOn2ccc3cc(OCc4ccccc4)ccc32)cc1. The quantitative estimate of drug-likeness (QED) is 0.422. The van der Waals surface area contributed by atoms with E-state index >= 15 is 0 Å². The first-order valence-corrected chi connectivity index (χ1v) is 9.31. The largest absolute Gasteiger partial charge is 0.489 e. The fourth-order valence-electron chi connectivity index (χ4n) is 2.95. The van der Waals surface area contributed by atoms with Crippen molar-refractivity contribution in [2.45, 2.75) is 13.0 Å². The number of benzene rings is 3. The molecule has 0 saturated heterocycles. The van der Waals surface area contributed by atoms with E-state index in [0.717, 1.165) is 33.7 Å². The van der Waals surface area contributed by atoms with E-state index in [9.17, 15) is 0 Å². The van der Waals surface area contributed by atoms with Gasteiger partial charge in [0.2, 0.25) is 0 Å². The van der Waals surface area contributed by atoms with Gasteiger partial charge in [-0.3, -0.25) is 0 Å². The van der Waals surface area contributed by atoms with Crippen LogP contribution in [-0.2, 0) is 13.0 Å². The van der Waals surface area contributed by atoms with Crippen molar-refractivity contribution in [3.8, 4) is 5.75 Å². The summed E-state index contributed by atoms with van der Waals surface area (Å²) < 4.78 is 7.71. The van der Waals surface area contributed by atoms with Crippen molar-refractivity contribution in [3.63, 3.8) is 0 Å². The zero-order chi connectivity index (χ0) is 18.5. The lowest BCUT2D eigenvalue weighted by atomic mass is 10.2. The lowest BCUT2D eigenvalue weighted by Gasteiger charge is -2.10. The second-order valence-electron chi connectivity index (χ2n) is 6.35. The Labute approximate surface area is 163 Å². The van der Waals surface area contributed by atoms with Gasteiger partial charge in [0.25, 0.3) is 0 Å². The second kappa shape index (κ2) is 8.19. The van der Waals surface area contributed by atoms with Crippen LogP contribution in [0.5, 0.6) is 5.75 Å². The maximum atomic E-state index is 5.92. The monoisotopic (exact) mass is 377 g/mol. The van der Waals surface area contributed by atoms with Crippen LogP contribution in [0, 0.1) is 0 Å². The molecule has 0 amide bonds. The van der Waals surface area contributed by atoms with Crippen molar-refractivity contribution in [2.75, 3.05) is 6.61 Å². The van der Waals surface area contributed by atoms with Gasteiger partial charge in [0.15, 0.2) is 0 Å². The number of aromatic nitrogens is 1. The highest BCUT2D eigenvalue weighted by Gasteiger charge is 2.05. The molecule has 0 aliphatic rings. The lowest BCUT2D eigenvalue weighted by Crippen LogP contribution is -2.13. The van der Waals surface area contributed by atoms with Crippen molar-refractivity contribution in [2.24, 2.45) is 0 Å². The molecule has 0 bridgehead atoms. The Balaban J connectivity index is 1.37. The fourth-order valence-corrected chi connectivity index (χ4v) is 3.08. The molecule has 4 aromatic rings. The number of fused-ring (bicyclic) bond motifs is 1. The van der Waals surface area contributed by atoms with Crippen LogP contribution >= 0.6 is 11.6 Å². The van der Waals surface area contributed by atoms with E-state index in [2.05, 4.69) is 12.1 Å². The van der Waals surface area contributed by atoms with Crippen molar-refractivity contribution in [1.82, 2.24) is 4.73 Å². The van der Waals surface area contributed by atoms with Gasteiger partial charge in [-0.2, -0.15) is 4.73 Å². The lowest BCUT2D eigenvalue weighted by molar-refractivity contribution is 0.123. The standard InChI is InChI=1S/C23H20ClNO2/c24-21-8-6-18(7-9-21)13-15-27-25-14-12-20-16-22(10-11-23(20)25)26-17-19-4-2-1-3-5-19/h1-12,14,16H,13,15,17H2. The molecule has 1 heterocycles. The zero-order valence-corrected chi connectivity index (χ0v) is 15.6. The molecule has 27 heavy (non-hydrogen) atoms. The molecule has 0 spiro atoms. The first-order chi connectivity index (χ1) is 13.3. The van der Waals surface area contributed by atoms with Crippen molar-refractivity contribution in [3.05, 3.63) is 101 Å². The van der Waals surface area contributed by atoms with Crippen LogP contribution < -0.4 is 9.57 Å². The molecule has 4 rings (SSSR count). The average molecular weight is 378 g/mol. The van der Waals surface area contributed by atoms with Gasteiger partial charge < -0.3 is 9.57 Å². The van der Waals surface area contributed by atoms with E-state index in [1.807, 2.05) is 77.7 Å². The summed E-state index contributed by atoms with van der Waals surface area (Å²) in [5.74, 6) is 0.852. The highest BCUT2D eigenvalue weighted by molar-refractivity contribution is 6.30. The Morgan fingerprint density at radius 2 is 1.63 bits per heavy atom. The molecule has 1 aromatic heterocycles. The topological polar surface area (TPSA) is 23.4 Å².